The van der Waals surface area contributed by atoms with E-state index in [2.05, 4.69) is 5.32 Å². The van der Waals surface area contributed by atoms with Crippen molar-refractivity contribution in [3.05, 3.63) is 23.8 Å². The van der Waals surface area contributed by atoms with E-state index in [1.165, 1.54) is 4.90 Å². The van der Waals surface area contributed by atoms with E-state index in [4.69, 9.17) is 5.73 Å². The van der Waals surface area contributed by atoms with Crippen LogP contribution in [0.25, 0.3) is 0 Å². The van der Waals surface area contributed by atoms with Crippen molar-refractivity contribution in [2.75, 3.05) is 44.4 Å². The number of rotatable bonds is 2. The molecule has 1 fully saturated rings. The number of piperazine rings is 1. The van der Waals surface area contributed by atoms with E-state index in [0.717, 1.165) is 5.69 Å². The third-order valence-electron chi connectivity index (χ3n) is 3.08. The maximum atomic E-state index is 12.3. The number of nitrogens with zero attached hydrogens (tertiary/aromatic N) is 2. The van der Waals surface area contributed by atoms with Gasteiger partial charge in [0.05, 0.1) is 17.9 Å². The molecule has 0 unspecified atom stereocenters. The van der Waals surface area contributed by atoms with Crippen LogP contribution in [0.3, 0.4) is 0 Å². The molecule has 1 heterocycles. The van der Waals surface area contributed by atoms with Gasteiger partial charge < -0.3 is 20.9 Å². The van der Waals surface area contributed by atoms with Crippen LogP contribution in [0.4, 0.5) is 11.4 Å². The Balaban J connectivity index is 2.19. The molecule has 1 aromatic carbocycles. The summed E-state index contributed by atoms with van der Waals surface area (Å²) in [6, 6.07) is 5.21. The molecule has 19 heavy (non-hydrogen) atoms. The Bertz CT molecular complexity index is 513. The number of hydrogen-bond donors (Lipinski definition) is 2. The standard InChI is InChI=1S/C13H18N4O2/c1-16(2)11-4-3-9(7-10(11)14)13(19)17-6-5-15-12(18)8-17/h3-4,7H,5-6,8,14H2,1-2H3,(H,15,18). The van der Waals surface area contributed by atoms with Crippen LogP contribution in [0.15, 0.2) is 18.2 Å². The van der Waals surface area contributed by atoms with Gasteiger partial charge in [-0.25, -0.2) is 0 Å². The van der Waals surface area contributed by atoms with Crippen molar-refractivity contribution in [3.63, 3.8) is 0 Å². The summed E-state index contributed by atoms with van der Waals surface area (Å²) in [7, 11) is 3.78. The number of nitrogen functional groups attached to an aromatic ring is 1. The van der Waals surface area contributed by atoms with Gasteiger partial charge in [-0.2, -0.15) is 0 Å². The molecule has 1 saturated heterocycles. The van der Waals surface area contributed by atoms with Crippen LogP contribution in [0.5, 0.6) is 0 Å². The monoisotopic (exact) mass is 262 g/mol. The SMILES string of the molecule is CN(C)c1ccc(C(=O)N2CCNC(=O)C2)cc1N. The molecule has 2 amide bonds. The number of anilines is 2. The predicted octanol–water partition coefficient (Wildman–Crippen LogP) is -0.0932. The topological polar surface area (TPSA) is 78.7 Å². The van der Waals surface area contributed by atoms with Gasteiger partial charge in [-0.05, 0) is 18.2 Å². The second-order valence-corrected chi connectivity index (χ2v) is 4.74. The van der Waals surface area contributed by atoms with Crippen LogP contribution in [0, 0.1) is 0 Å². The van der Waals surface area contributed by atoms with Gasteiger partial charge in [0.1, 0.15) is 0 Å². The number of amides is 2. The van der Waals surface area contributed by atoms with Gasteiger partial charge in [0, 0.05) is 32.7 Å². The van der Waals surface area contributed by atoms with Crippen molar-refractivity contribution in [2.45, 2.75) is 0 Å². The quantitative estimate of drug-likeness (QED) is 0.730. The zero-order chi connectivity index (χ0) is 14.0. The minimum Gasteiger partial charge on any atom is -0.397 e. The number of nitrogens with one attached hydrogen (secondary N) is 1. The van der Waals surface area contributed by atoms with Crippen LogP contribution in [0.1, 0.15) is 10.4 Å². The van der Waals surface area contributed by atoms with E-state index in [9.17, 15) is 9.59 Å². The highest BCUT2D eigenvalue weighted by atomic mass is 16.2. The zero-order valence-corrected chi connectivity index (χ0v) is 11.1. The number of nitrogens with two attached hydrogens (primary N) is 1. The first-order valence-corrected chi connectivity index (χ1v) is 6.12. The van der Waals surface area contributed by atoms with Gasteiger partial charge >= 0.3 is 0 Å². The van der Waals surface area contributed by atoms with Crippen LogP contribution >= 0.6 is 0 Å². The Labute approximate surface area is 112 Å². The fourth-order valence-corrected chi connectivity index (χ4v) is 2.09. The molecule has 0 bridgehead atoms. The largest absolute Gasteiger partial charge is 0.397 e. The van der Waals surface area contributed by atoms with Crippen molar-refractivity contribution in [1.29, 1.82) is 0 Å². The molecule has 3 N–H and O–H groups in total. The van der Waals surface area contributed by atoms with E-state index in [0.29, 0.717) is 24.3 Å². The molecule has 0 saturated carbocycles. The summed E-state index contributed by atoms with van der Waals surface area (Å²) < 4.78 is 0. The first kappa shape index (κ1) is 13.2. The first-order valence-electron chi connectivity index (χ1n) is 6.12. The van der Waals surface area contributed by atoms with E-state index in [1.54, 1.807) is 12.1 Å². The Hall–Kier alpha value is -2.24. The van der Waals surface area contributed by atoms with Gasteiger partial charge in [-0.15, -0.1) is 0 Å². The average molecular weight is 262 g/mol. The van der Waals surface area contributed by atoms with Crippen LogP contribution in [-0.2, 0) is 4.79 Å². The van der Waals surface area contributed by atoms with E-state index in [-0.39, 0.29) is 18.4 Å². The van der Waals surface area contributed by atoms with Crippen molar-refractivity contribution >= 4 is 23.2 Å². The molecule has 102 valence electrons. The lowest BCUT2D eigenvalue weighted by atomic mass is 10.1. The van der Waals surface area contributed by atoms with Crippen LogP contribution in [-0.4, -0.2) is 50.4 Å². The maximum Gasteiger partial charge on any atom is 0.254 e. The Morgan fingerprint density at radius 3 is 2.74 bits per heavy atom. The Morgan fingerprint density at radius 2 is 2.16 bits per heavy atom. The highest BCUT2D eigenvalue weighted by Crippen LogP contribution is 2.23. The molecular weight excluding hydrogens is 244 g/mol. The molecule has 1 aliphatic heterocycles. The summed E-state index contributed by atoms with van der Waals surface area (Å²) in [6.45, 7) is 1.13. The van der Waals surface area contributed by atoms with Crippen LogP contribution < -0.4 is 16.0 Å². The smallest absolute Gasteiger partial charge is 0.254 e. The number of benzene rings is 1. The summed E-state index contributed by atoms with van der Waals surface area (Å²) in [5, 5.41) is 2.69. The van der Waals surface area contributed by atoms with Crippen molar-refractivity contribution in [3.8, 4) is 0 Å². The predicted molar refractivity (Wildman–Crippen MR) is 74.1 cm³/mol. The Morgan fingerprint density at radius 1 is 1.42 bits per heavy atom. The fraction of sp³-hybridized carbons (Fsp3) is 0.385. The number of hydrogen-bond acceptors (Lipinski definition) is 4. The highest BCUT2D eigenvalue weighted by molar-refractivity contribution is 5.98. The fourth-order valence-electron chi connectivity index (χ4n) is 2.09. The second kappa shape index (κ2) is 5.17. The van der Waals surface area contributed by atoms with E-state index in [1.807, 2.05) is 25.1 Å². The van der Waals surface area contributed by atoms with Crippen molar-refractivity contribution in [2.24, 2.45) is 0 Å². The van der Waals surface area contributed by atoms with E-state index < -0.39 is 0 Å². The lowest BCUT2D eigenvalue weighted by Gasteiger charge is -2.27. The maximum absolute atomic E-state index is 12.3. The molecule has 0 atom stereocenters. The minimum absolute atomic E-state index is 0.105. The summed E-state index contributed by atoms with van der Waals surface area (Å²) in [6.07, 6.45) is 0. The summed E-state index contributed by atoms with van der Waals surface area (Å²) in [5.74, 6) is -0.288. The van der Waals surface area contributed by atoms with Gasteiger partial charge in [0.2, 0.25) is 5.91 Å². The summed E-state index contributed by atoms with van der Waals surface area (Å²) in [4.78, 5) is 27.0. The molecule has 1 aromatic rings. The van der Waals surface area contributed by atoms with Crippen LogP contribution in [0.2, 0.25) is 0 Å². The molecule has 0 radical (unpaired) electrons. The lowest BCUT2D eigenvalue weighted by molar-refractivity contribution is -0.123. The normalized spacial score (nSPS) is 15.1. The zero-order valence-electron chi connectivity index (χ0n) is 11.1. The molecule has 0 spiro atoms. The van der Waals surface area contributed by atoms with Gasteiger partial charge in [0.25, 0.3) is 5.91 Å². The molecule has 0 aromatic heterocycles. The third-order valence-corrected chi connectivity index (χ3v) is 3.08. The minimum atomic E-state index is -0.160. The molecule has 1 aliphatic rings. The third kappa shape index (κ3) is 2.78. The molecule has 6 heteroatoms. The molecule has 0 aliphatic carbocycles. The van der Waals surface area contributed by atoms with E-state index >= 15 is 0 Å². The van der Waals surface area contributed by atoms with Gasteiger partial charge in [0.15, 0.2) is 0 Å². The summed E-state index contributed by atoms with van der Waals surface area (Å²) in [5.41, 5.74) is 7.86. The lowest BCUT2D eigenvalue weighted by Crippen LogP contribution is -2.49. The van der Waals surface area contributed by atoms with Gasteiger partial charge in [-0.3, -0.25) is 9.59 Å². The first-order chi connectivity index (χ1) is 8.99. The summed E-state index contributed by atoms with van der Waals surface area (Å²) >= 11 is 0. The Kier molecular flexibility index (Phi) is 3.59. The second-order valence-electron chi connectivity index (χ2n) is 4.74. The molecular formula is C13H18N4O2. The van der Waals surface area contributed by atoms with Gasteiger partial charge in [-0.1, -0.05) is 0 Å². The highest BCUT2D eigenvalue weighted by Gasteiger charge is 2.22. The number of carbonyl (C=O) groups excluding carboxylic acids is 2. The van der Waals surface area contributed by atoms with Crippen molar-refractivity contribution in [1.82, 2.24) is 10.2 Å². The number of carbonyl (C=O) groups is 2. The molecule has 2 rings (SSSR count). The van der Waals surface area contributed by atoms with Crippen molar-refractivity contribution < 1.29 is 9.59 Å². The molecule has 6 nitrogen and oxygen atoms in total. The average Bonchev–Trinajstić information content (AvgIpc) is 2.37.